The first kappa shape index (κ1) is 14.9. The molecule has 0 radical (unpaired) electrons. The summed E-state index contributed by atoms with van der Waals surface area (Å²) in [5.41, 5.74) is 2.54. The lowest BCUT2D eigenvalue weighted by molar-refractivity contribution is 0.0488. The summed E-state index contributed by atoms with van der Waals surface area (Å²) >= 11 is 0. The standard InChI is InChI=1S/C17H18O4/c1-4-7-14-15(11-21-16(14)17(18)20-5-2)12-8-6-9-13(10-12)19-3/h4,6,8-11H,1,5,7H2,2-3H3. The topological polar surface area (TPSA) is 48.7 Å². The highest BCUT2D eigenvalue weighted by atomic mass is 16.5. The average Bonchev–Trinajstić information content (AvgIpc) is 2.92. The van der Waals surface area contributed by atoms with Gasteiger partial charge in [-0.05, 0) is 31.0 Å². The van der Waals surface area contributed by atoms with E-state index in [1.165, 1.54) is 0 Å². The van der Waals surface area contributed by atoms with Crippen molar-refractivity contribution in [3.63, 3.8) is 0 Å². The predicted octanol–water partition coefficient (Wildman–Crippen LogP) is 3.86. The maximum atomic E-state index is 11.9. The molecule has 1 aromatic heterocycles. The Morgan fingerprint density at radius 1 is 1.43 bits per heavy atom. The SMILES string of the molecule is C=CCc1c(-c2cccc(OC)c2)coc1C(=O)OCC. The van der Waals surface area contributed by atoms with Crippen LogP contribution in [0.4, 0.5) is 0 Å². The van der Waals surface area contributed by atoms with Crippen LogP contribution in [0.1, 0.15) is 23.0 Å². The lowest BCUT2D eigenvalue weighted by Gasteiger charge is -2.05. The molecule has 0 N–H and O–H groups in total. The molecule has 2 aromatic rings. The number of ether oxygens (including phenoxy) is 2. The summed E-state index contributed by atoms with van der Waals surface area (Å²) in [5.74, 6) is 0.522. The predicted molar refractivity (Wildman–Crippen MR) is 80.6 cm³/mol. The highest BCUT2D eigenvalue weighted by Gasteiger charge is 2.21. The maximum Gasteiger partial charge on any atom is 0.374 e. The van der Waals surface area contributed by atoms with Gasteiger partial charge in [0, 0.05) is 11.1 Å². The molecule has 0 saturated heterocycles. The van der Waals surface area contributed by atoms with E-state index in [2.05, 4.69) is 6.58 Å². The molecule has 0 aliphatic heterocycles. The summed E-state index contributed by atoms with van der Waals surface area (Å²) in [5, 5.41) is 0. The van der Waals surface area contributed by atoms with Crippen LogP contribution in [0.2, 0.25) is 0 Å². The van der Waals surface area contributed by atoms with Gasteiger partial charge in [-0.25, -0.2) is 4.79 Å². The van der Waals surface area contributed by atoms with Gasteiger partial charge < -0.3 is 13.9 Å². The van der Waals surface area contributed by atoms with Gasteiger partial charge in [0.25, 0.3) is 0 Å². The van der Waals surface area contributed by atoms with Crippen LogP contribution in [0, 0.1) is 0 Å². The van der Waals surface area contributed by atoms with Crippen molar-refractivity contribution in [2.24, 2.45) is 0 Å². The Hall–Kier alpha value is -2.49. The van der Waals surface area contributed by atoms with Gasteiger partial charge in [-0.2, -0.15) is 0 Å². The molecule has 21 heavy (non-hydrogen) atoms. The second kappa shape index (κ2) is 6.79. The zero-order valence-corrected chi connectivity index (χ0v) is 12.2. The van der Waals surface area contributed by atoms with Gasteiger partial charge in [-0.1, -0.05) is 18.2 Å². The minimum absolute atomic E-state index is 0.231. The first-order valence-corrected chi connectivity index (χ1v) is 6.74. The van der Waals surface area contributed by atoms with Crippen LogP contribution in [0.25, 0.3) is 11.1 Å². The fourth-order valence-corrected chi connectivity index (χ4v) is 2.13. The molecule has 0 fully saturated rings. The van der Waals surface area contributed by atoms with Gasteiger partial charge >= 0.3 is 5.97 Å². The zero-order chi connectivity index (χ0) is 15.2. The molecular weight excluding hydrogens is 268 g/mol. The zero-order valence-electron chi connectivity index (χ0n) is 12.2. The van der Waals surface area contributed by atoms with Crippen molar-refractivity contribution in [1.82, 2.24) is 0 Å². The van der Waals surface area contributed by atoms with Crippen molar-refractivity contribution in [1.29, 1.82) is 0 Å². The number of carbonyl (C=O) groups excluding carboxylic acids is 1. The summed E-state index contributed by atoms with van der Waals surface area (Å²) in [7, 11) is 1.61. The fraction of sp³-hybridized carbons (Fsp3) is 0.235. The van der Waals surface area contributed by atoms with Crippen LogP contribution in [-0.2, 0) is 11.2 Å². The Balaban J connectivity index is 2.48. The van der Waals surface area contributed by atoms with Gasteiger partial charge in [0.2, 0.25) is 5.76 Å². The van der Waals surface area contributed by atoms with E-state index in [0.29, 0.717) is 13.0 Å². The average molecular weight is 286 g/mol. The second-order valence-electron chi connectivity index (χ2n) is 4.40. The lowest BCUT2D eigenvalue weighted by Crippen LogP contribution is -2.06. The largest absolute Gasteiger partial charge is 0.497 e. The smallest absolute Gasteiger partial charge is 0.374 e. The third-order valence-corrected chi connectivity index (χ3v) is 3.08. The van der Waals surface area contributed by atoms with Crippen molar-refractivity contribution in [2.45, 2.75) is 13.3 Å². The third kappa shape index (κ3) is 3.16. The summed E-state index contributed by atoms with van der Waals surface area (Å²) in [6, 6.07) is 7.59. The highest BCUT2D eigenvalue weighted by Crippen LogP contribution is 2.31. The summed E-state index contributed by atoms with van der Waals surface area (Å²) in [6.45, 7) is 5.80. The minimum Gasteiger partial charge on any atom is -0.497 e. The Kier molecular flexibility index (Phi) is 4.82. The molecule has 0 unspecified atom stereocenters. The van der Waals surface area contributed by atoms with E-state index in [0.717, 1.165) is 22.4 Å². The van der Waals surface area contributed by atoms with Gasteiger partial charge in [0.1, 0.15) is 5.75 Å². The van der Waals surface area contributed by atoms with Crippen molar-refractivity contribution in [2.75, 3.05) is 13.7 Å². The molecule has 0 atom stereocenters. The molecule has 0 saturated carbocycles. The van der Waals surface area contributed by atoms with Gasteiger partial charge in [0.15, 0.2) is 0 Å². The number of rotatable bonds is 6. The lowest BCUT2D eigenvalue weighted by atomic mass is 10.0. The molecule has 2 rings (SSSR count). The molecule has 110 valence electrons. The molecule has 1 aromatic carbocycles. The number of hydrogen-bond acceptors (Lipinski definition) is 4. The Bertz CT molecular complexity index is 640. The molecule has 0 aliphatic rings. The van der Waals surface area contributed by atoms with Gasteiger partial charge in [-0.3, -0.25) is 0 Å². The van der Waals surface area contributed by atoms with Crippen molar-refractivity contribution >= 4 is 5.97 Å². The van der Waals surface area contributed by atoms with Crippen molar-refractivity contribution in [3.05, 3.63) is 54.5 Å². The number of carbonyl (C=O) groups is 1. The van der Waals surface area contributed by atoms with E-state index in [1.807, 2.05) is 24.3 Å². The van der Waals surface area contributed by atoms with E-state index in [1.54, 1.807) is 26.4 Å². The monoisotopic (exact) mass is 286 g/mol. The first-order chi connectivity index (χ1) is 10.2. The minimum atomic E-state index is -0.455. The number of methoxy groups -OCH3 is 1. The van der Waals surface area contributed by atoms with Crippen LogP contribution in [-0.4, -0.2) is 19.7 Å². The van der Waals surface area contributed by atoms with Gasteiger partial charge in [-0.15, -0.1) is 6.58 Å². The summed E-state index contributed by atoms with van der Waals surface area (Å²) < 4.78 is 15.7. The molecule has 0 aliphatic carbocycles. The van der Waals surface area contributed by atoms with E-state index in [-0.39, 0.29) is 5.76 Å². The first-order valence-electron chi connectivity index (χ1n) is 6.74. The number of furan rings is 1. The van der Waals surface area contributed by atoms with E-state index >= 15 is 0 Å². The second-order valence-corrected chi connectivity index (χ2v) is 4.40. The third-order valence-electron chi connectivity index (χ3n) is 3.08. The van der Waals surface area contributed by atoms with Crippen LogP contribution < -0.4 is 4.74 Å². The van der Waals surface area contributed by atoms with E-state index in [4.69, 9.17) is 13.9 Å². The number of allylic oxidation sites excluding steroid dienone is 1. The van der Waals surface area contributed by atoms with E-state index < -0.39 is 5.97 Å². The Labute approximate surface area is 124 Å². The maximum absolute atomic E-state index is 11.9. The Morgan fingerprint density at radius 2 is 2.24 bits per heavy atom. The Morgan fingerprint density at radius 3 is 2.90 bits per heavy atom. The molecule has 0 bridgehead atoms. The molecule has 1 heterocycles. The molecule has 0 amide bonds. The highest BCUT2D eigenvalue weighted by molar-refractivity contribution is 5.91. The molecule has 4 heteroatoms. The molecule has 0 spiro atoms. The van der Waals surface area contributed by atoms with Crippen LogP contribution in [0.5, 0.6) is 5.75 Å². The van der Waals surface area contributed by atoms with E-state index in [9.17, 15) is 4.79 Å². The number of benzene rings is 1. The quantitative estimate of drug-likeness (QED) is 0.597. The van der Waals surface area contributed by atoms with Crippen LogP contribution >= 0.6 is 0 Å². The number of esters is 1. The van der Waals surface area contributed by atoms with Crippen LogP contribution in [0.3, 0.4) is 0 Å². The fourth-order valence-electron chi connectivity index (χ4n) is 2.13. The number of hydrogen-bond donors (Lipinski definition) is 0. The van der Waals surface area contributed by atoms with Crippen molar-refractivity contribution in [3.8, 4) is 16.9 Å². The van der Waals surface area contributed by atoms with Crippen LogP contribution in [0.15, 0.2) is 47.6 Å². The van der Waals surface area contributed by atoms with Crippen molar-refractivity contribution < 1.29 is 18.7 Å². The molecule has 4 nitrogen and oxygen atoms in total. The summed E-state index contributed by atoms with van der Waals surface area (Å²) in [6.07, 6.45) is 3.83. The normalized spacial score (nSPS) is 10.2. The van der Waals surface area contributed by atoms with Gasteiger partial charge in [0.05, 0.1) is 20.0 Å². The molecular formula is C17H18O4. The summed E-state index contributed by atoms with van der Waals surface area (Å²) in [4.78, 5) is 11.9.